The standard InChI is InChI=1S/C19H16N2O3/c22-19(16-12-20-11-13-4-1-2-5-15(13)16)21-14-6-7-17-18(10-14)24-9-3-8-23-17/h1-2,4-7,10-12H,3,8-9H2,(H,21,22). The second-order valence-electron chi connectivity index (χ2n) is 5.57. The van der Waals surface area contributed by atoms with Crippen molar-refractivity contribution in [1.82, 2.24) is 4.98 Å². The van der Waals surface area contributed by atoms with Gasteiger partial charge in [0.25, 0.3) is 5.91 Å². The molecule has 1 aliphatic rings. The Labute approximate surface area is 139 Å². The maximum atomic E-state index is 12.6. The summed E-state index contributed by atoms with van der Waals surface area (Å²) >= 11 is 0. The van der Waals surface area contributed by atoms with E-state index in [4.69, 9.17) is 9.47 Å². The first-order chi connectivity index (χ1) is 11.8. The van der Waals surface area contributed by atoms with Gasteiger partial charge in [0.05, 0.1) is 18.8 Å². The number of nitrogens with one attached hydrogen (secondary N) is 1. The Balaban J connectivity index is 1.63. The predicted octanol–water partition coefficient (Wildman–Crippen LogP) is 3.65. The molecule has 0 fully saturated rings. The molecule has 0 saturated heterocycles. The number of anilines is 1. The second-order valence-corrected chi connectivity index (χ2v) is 5.57. The Morgan fingerprint density at radius 3 is 2.75 bits per heavy atom. The van der Waals surface area contributed by atoms with E-state index in [1.165, 1.54) is 0 Å². The van der Waals surface area contributed by atoms with Gasteiger partial charge in [-0.3, -0.25) is 9.78 Å². The van der Waals surface area contributed by atoms with Crippen molar-refractivity contribution in [2.24, 2.45) is 0 Å². The number of nitrogens with zero attached hydrogens (tertiary/aromatic N) is 1. The normalized spacial score (nSPS) is 13.3. The molecule has 0 spiro atoms. The number of carbonyl (C=O) groups excluding carboxylic acids is 1. The molecule has 2 aromatic carbocycles. The van der Waals surface area contributed by atoms with Gasteiger partial charge in [-0.05, 0) is 17.5 Å². The van der Waals surface area contributed by atoms with E-state index in [9.17, 15) is 4.79 Å². The summed E-state index contributed by atoms with van der Waals surface area (Å²) < 4.78 is 11.3. The third-order valence-electron chi connectivity index (χ3n) is 3.92. The maximum absolute atomic E-state index is 12.6. The van der Waals surface area contributed by atoms with Crippen LogP contribution >= 0.6 is 0 Å². The van der Waals surface area contributed by atoms with Crippen LogP contribution in [0.2, 0.25) is 0 Å². The first-order valence-corrected chi connectivity index (χ1v) is 7.85. The van der Waals surface area contributed by atoms with Crippen LogP contribution in [-0.4, -0.2) is 24.1 Å². The van der Waals surface area contributed by atoms with Crippen LogP contribution < -0.4 is 14.8 Å². The Morgan fingerprint density at radius 2 is 1.83 bits per heavy atom. The highest BCUT2D eigenvalue weighted by Crippen LogP contribution is 2.32. The van der Waals surface area contributed by atoms with Crippen LogP contribution in [0.1, 0.15) is 16.8 Å². The monoisotopic (exact) mass is 320 g/mol. The lowest BCUT2D eigenvalue weighted by atomic mass is 10.1. The molecule has 0 atom stereocenters. The van der Waals surface area contributed by atoms with E-state index >= 15 is 0 Å². The fraction of sp³-hybridized carbons (Fsp3) is 0.158. The number of hydrogen-bond donors (Lipinski definition) is 1. The van der Waals surface area contributed by atoms with Crippen molar-refractivity contribution in [3.63, 3.8) is 0 Å². The lowest BCUT2D eigenvalue weighted by Crippen LogP contribution is -2.12. The molecule has 0 bridgehead atoms. The van der Waals surface area contributed by atoms with E-state index in [1.807, 2.05) is 36.4 Å². The number of ether oxygens (including phenoxy) is 2. The van der Waals surface area contributed by atoms with E-state index in [1.54, 1.807) is 18.5 Å². The quantitative estimate of drug-likeness (QED) is 0.783. The van der Waals surface area contributed by atoms with Crippen LogP contribution in [0.15, 0.2) is 54.9 Å². The molecular formula is C19H16N2O3. The molecule has 0 saturated carbocycles. The zero-order valence-electron chi connectivity index (χ0n) is 13.0. The molecule has 1 aromatic heterocycles. The molecule has 1 aliphatic heterocycles. The van der Waals surface area contributed by atoms with Crippen molar-refractivity contribution in [2.75, 3.05) is 18.5 Å². The van der Waals surface area contributed by atoms with Gasteiger partial charge in [-0.2, -0.15) is 0 Å². The number of pyridine rings is 1. The van der Waals surface area contributed by atoms with Gasteiger partial charge in [-0.1, -0.05) is 24.3 Å². The summed E-state index contributed by atoms with van der Waals surface area (Å²) in [5.41, 5.74) is 1.21. The van der Waals surface area contributed by atoms with Gasteiger partial charge >= 0.3 is 0 Å². The second kappa shape index (κ2) is 6.20. The molecule has 0 aliphatic carbocycles. The van der Waals surface area contributed by atoms with Crippen molar-refractivity contribution >= 4 is 22.4 Å². The van der Waals surface area contributed by atoms with Gasteiger partial charge in [-0.15, -0.1) is 0 Å². The fourth-order valence-electron chi connectivity index (χ4n) is 2.74. The summed E-state index contributed by atoms with van der Waals surface area (Å²) in [6, 6.07) is 13.1. The number of hydrogen-bond acceptors (Lipinski definition) is 4. The minimum absolute atomic E-state index is 0.200. The lowest BCUT2D eigenvalue weighted by Gasteiger charge is -2.11. The molecule has 2 heterocycles. The third-order valence-corrected chi connectivity index (χ3v) is 3.92. The molecule has 120 valence electrons. The maximum Gasteiger partial charge on any atom is 0.257 e. The van der Waals surface area contributed by atoms with Crippen LogP contribution in [0.25, 0.3) is 10.8 Å². The summed E-state index contributed by atoms with van der Waals surface area (Å²) in [5, 5.41) is 4.71. The number of aromatic nitrogens is 1. The fourth-order valence-corrected chi connectivity index (χ4v) is 2.74. The van der Waals surface area contributed by atoms with E-state index in [0.29, 0.717) is 36.0 Å². The van der Waals surface area contributed by atoms with Crippen molar-refractivity contribution in [3.05, 3.63) is 60.4 Å². The van der Waals surface area contributed by atoms with Crippen molar-refractivity contribution in [3.8, 4) is 11.5 Å². The topological polar surface area (TPSA) is 60.5 Å². The molecular weight excluding hydrogens is 304 g/mol. The van der Waals surface area contributed by atoms with Gasteiger partial charge in [0.2, 0.25) is 0 Å². The molecule has 0 radical (unpaired) electrons. The van der Waals surface area contributed by atoms with E-state index in [-0.39, 0.29) is 5.91 Å². The van der Waals surface area contributed by atoms with Crippen LogP contribution in [0, 0.1) is 0 Å². The van der Waals surface area contributed by atoms with Gasteiger partial charge in [0.15, 0.2) is 11.5 Å². The molecule has 5 nitrogen and oxygen atoms in total. The Hall–Kier alpha value is -3.08. The highest BCUT2D eigenvalue weighted by molar-refractivity contribution is 6.12. The van der Waals surface area contributed by atoms with Gasteiger partial charge in [0, 0.05) is 36.0 Å². The Kier molecular flexibility index (Phi) is 3.75. The first-order valence-electron chi connectivity index (χ1n) is 7.85. The summed E-state index contributed by atoms with van der Waals surface area (Å²) in [4.78, 5) is 16.8. The average molecular weight is 320 g/mol. The third kappa shape index (κ3) is 2.76. The number of carbonyl (C=O) groups is 1. The zero-order valence-corrected chi connectivity index (χ0v) is 13.0. The molecule has 5 heteroatoms. The summed E-state index contributed by atoms with van der Waals surface area (Å²) in [6.07, 6.45) is 4.18. The number of rotatable bonds is 2. The van der Waals surface area contributed by atoms with Crippen LogP contribution in [0.4, 0.5) is 5.69 Å². The molecule has 0 unspecified atom stereocenters. The van der Waals surface area contributed by atoms with Crippen molar-refractivity contribution in [1.29, 1.82) is 0 Å². The average Bonchev–Trinajstić information content (AvgIpc) is 2.86. The van der Waals surface area contributed by atoms with Crippen LogP contribution in [0.5, 0.6) is 11.5 Å². The van der Waals surface area contributed by atoms with Crippen LogP contribution in [0.3, 0.4) is 0 Å². The van der Waals surface area contributed by atoms with Crippen molar-refractivity contribution < 1.29 is 14.3 Å². The number of benzene rings is 2. The largest absolute Gasteiger partial charge is 0.490 e. The summed E-state index contributed by atoms with van der Waals surface area (Å²) in [7, 11) is 0. The first kappa shape index (κ1) is 14.5. The Bertz CT molecular complexity index is 903. The summed E-state index contributed by atoms with van der Waals surface area (Å²) in [6.45, 7) is 1.25. The smallest absolute Gasteiger partial charge is 0.257 e. The Morgan fingerprint density at radius 1 is 1.00 bits per heavy atom. The molecule has 24 heavy (non-hydrogen) atoms. The van der Waals surface area contributed by atoms with E-state index in [0.717, 1.165) is 17.2 Å². The predicted molar refractivity (Wildman–Crippen MR) is 91.7 cm³/mol. The van der Waals surface area contributed by atoms with Gasteiger partial charge < -0.3 is 14.8 Å². The zero-order chi connectivity index (χ0) is 16.4. The lowest BCUT2D eigenvalue weighted by molar-refractivity contribution is 0.102. The molecule has 1 amide bonds. The van der Waals surface area contributed by atoms with Crippen LogP contribution in [-0.2, 0) is 0 Å². The number of fused-ring (bicyclic) bond motifs is 2. The highest BCUT2D eigenvalue weighted by atomic mass is 16.5. The number of amides is 1. The van der Waals surface area contributed by atoms with Crippen molar-refractivity contribution in [2.45, 2.75) is 6.42 Å². The van der Waals surface area contributed by atoms with E-state index in [2.05, 4.69) is 10.3 Å². The minimum atomic E-state index is -0.200. The SMILES string of the molecule is O=C(Nc1ccc2c(c1)OCCCO2)c1cncc2ccccc12. The van der Waals surface area contributed by atoms with Gasteiger partial charge in [-0.25, -0.2) is 0 Å². The highest BCUT2D eigenvalue weighted by Gasteiger charge is 2.14. The molecule has 4 rings (SSSR count). The van der Waals surface area contributed by atoms with Gasteiger partial charge in [0.1, 0.15) is 0 Å². The minimum Gasteiger partial charge on any atom is -0.490 e. The van der Waals surface area contributed by atoms with E-state index < -0.39 is 0 Å². The molecule has 1 N–H and O–H groups in total. The summed E-state index contributed by atoms with van der Waals surface area (Å²) in [5.74, 6) is 1.16. The molecule has 3 aromatic rings.